The van der Waals surface area contributed by atoms with Crippen LogP contribution in [0.1, 0.15) is 64.9 Å². The molecule has 0 aromatic heterocycles. The molecule has 0 radical (unpaired) electrons. The summed E-state index contributed by atoms with van der Waals surface area (Å²) >= 11 is 0. The number of hydrogen-bond donors (Lipinski definition) is 1. The second-order valence-corrected chi connectivity index (χ2v) is 10.8. The molecule has 5 heteroatoms. The summed E-state index contributed by atoms with van der Waals surface area (Å²) in [6, 6.07) is 6.98. The molecule has 5 nitrogen and oxygen atoms in total. The van der Waals surface area contributed by atoms with Gasteiger partial charge in [-0.05, 0) is 41.4 Å². The lowest BCUT2D eigenvalue weighted by Crippen LogP contribution is -2.45. The van der Waals surface area contributed by atoms with Gasteiger partial charge in [-0.25, -0.2) is 0 Å². The smallest absolute Gasteiger partial charge is 0.162 e. The Hall–Kier alpha value is -2.40. The predicted octanol–water partition coefficient (Wildman–Crippen LogP) is 4.72. The van der Waals surface area contributed by atoms with E-state index in [1.807, 2.05) is 12.1 Å². The topological polar surface area (TPSA) is 66.8 Å². The number of rotatable bonds is 4. The SMILES string of the molecule is COCCN1C2=C(C(=O)CC(C)(C)C2)C(c2ccc(O)cc2)C2=C1CC(C)(C)CC2=O. The molecular weight excluding hydrogens is 390 g/mol. The zero-order valence-electron chi connectivity index (χ0n) is 19.2. The maximum atomic E-state index is 13.5. The Balaban J connectivity index is 1.96. The lowest BCUT2D eigenvalue weighted by atomic mass is 9.63. The van der Waals surface area contributed by atoms with E-state index in [4.69, 9.17) is 4.74 Å². The molecule has 0 saturated carbocycles. The van der Waals surface area contributed by atoms with Crippen LogP contribution in [0.2, 0.25) is 0 Å². The van der Waals surface area contributed by atoms with Gasteiger partial charge in [0.2, 0.25) is 0 Å². The lowest BCUT2D eigenvalue weighted by Gasteiger charge is -2.49. The fourth-order valence-electron chi connectivity index (χ4n) is 5.50. The number of Topliss-reactive ketones (excluding diaryl/α,β-unsaturated/α-hetero) is 2. The van der Waals surface area contributed by atoms with Gasteiger partial charge in [0.15, 0.2) is 11.6 Å². The second kappa shape index (κ2) is 7.63. The van der Waals surface area contributed by atoms with Gasteiger partial charge in [-0.15, -0.1) is 0 Å². The largest absolute Gasteiger partial charge is 0.508 e. The zero-order valence-corrected chi connectivity index (χ0v) is 19.2. The van der Waals surface area contributed by atoms with Gasteiger partial charge < -0.3 is 14.7 Å². The highest BCUT2D eigenvalue weighted by Gasteiger charge is 2.48. The summed E-state index contributed by atoms with van der Waals surface area (Å²) < 4.78 is 5.40. The van der Waals surface area contributed by atoms with Crippen LogP contribution in [-0.2, 0) is 14.3 Å². The van der Waals surface area contributed by atoms with Gasteiger partial charge in [0.25, 0.3) is 0 Å². The molecule has 1 aliphatic heterocycles. The highest BCUT2D eigenvalue weighted by atomic mass is 16.5. The summed E-state index contributed by atoms with van der Waals surface area (Å²) in [5.74, 6) is 0.0559. The Bertz CT molecular complexity index is 927. The molecule has 1 N–H and O–H groups in total. The first-order valence-corrected chi connectivity index (χ1v) is 11.1. The fourth-order valence-corrected chi connectivity index (χ4v) is 5.50. The highest BCUT2D eigenvalue weighted by molar-refractivity contribution is 6.06. The Morgan fingerprint density at radius 2 is 1.39 bits per heavy atom. The van der Waals surface area contributed by atoms with E-state index in [-0.39, 0.29) is 34.1 Å². The predicted molar refractivity (Wildman–Crippen MR) is 120 cm³/mol. The number of benzene rings is 1. The third kappa shape index (κ3) is 3.96. The Labute approximate surface area is 184 Å². The van der Waals surface area contributed by atoms with Crippen molar-refractivity contribution >= 4 is 11.6 Å². The molecule has 2 aliphatic carbocycles. The van der Waals surface area contributed by atoms with Gasteiger partial charge in [0.05, 0.1) is 6.61 Å². The molecular formula is C26H33NO4. The number of aromatic hydroxyl groups is 1. The summed E-state index contributed by atoms with van der Waals surface area (Å²) in [6.07, 6.45) is 2.53. The van der Waals surface area contributed by atoms with Gasteiger partial charge in [-0.3, -0.25) is 9.59 Å². The fraction of sp³-hybridized carbons (Fsp3) is 0.538. The van der Waals surface area contributed by atoms with Crippen molar-refractivity contribution in [1.82, 2.24) is 4.90 Å². The molecule has 1 aromatic rings. The maximum absolute atomic E-state index is 13.5. The Morgan fingerprint density at radius 1 is 0.903 bits per heavy atom. The van der Waals surface area contributed by atoms with Crippen molar-refractivity contribution < 1.29 is 19.4 Å². The number of carbonyl (C=O) groups is 2. The number of ketones is 2. The van der Waals surface area contributed by atoms with Crippen LogP contribution in [0.4, 0.5) is 0 Å². The summed E-state index contributed by atoms with van der Waals surface area (Å²) in [4.78, 5) is 29.3. The Kier molecular flexibility index (Phi) is 5.37. The molecule has 0 bridgehead atoms. The van der Waals surface area contributed by atoms with E-state index >= 15 is 0 Å². The first-order chi connectivity index (χ1) is 14.5. The van der Waals surface area contributed by atoms with Crippen molar-refractivity contribution in [3.8, 4) is 5.75 Å². The van der Waals surface area contributed by atoms with E-state index in [0.29, 0.717) is 26.0 Å². The summed E-state index contributed by atoms with van der Waals surface area (Å²) in [5, 5.41) is 9.82. The third-order valence-electron chi connectivity index (χ3n) is 6.77. The summed E-state index contributed by atoms with van der Waals surface area (Å²) in [6.45, 7) is 9.71. The molecule has 0 amide bonds. The molecule has 0 unspecified atom stereocenters. The van der Waals surface area contributed by atoms with Crippen LogP contribution >= 0.6 is 0 Å². The normalized spacial score (nSPS) is 23.2. The number of nitrogens with zero attached hydrogens (tertiary/aromatic N) is 1. The van der Waals surface area contributed by atoms with Crippen molar-refractivity contribution in [2.24, 2.45) is 10.8 Å². The van der Waals surface area contributed by atoms with Gasteiger partial charge in [-0.1, -0.05) is 39.8 Å². The zero-order chi connectivity index (χ0) is 22.6. The molecule has 166 valence electrons. The molecule has 31 heavy (non-hydrogen) atoms. The molecule has 1 heterocycles. The first-order valence-electron chi connectivity index (χ1n) is 11.1. The van der Waals surface area contributed by atoms with Crippen LogP contribution in [0.3, 0.4) is 0 Å². The van der Waals surface area contributed by atoms with Crippen LogP contribution in [0.15, 0.2) is 46.8 Å². The molecule has 1 aromatic carbocycles. The van der Waals surface area contributed by atoms with Crippen LogP contribution in [0, 0.1) is 10.8 Å². The maximum Gasteiger partial charge on any atom is 0.162 e. The molecule has 0 spiro atoms. The molecule has 4 rings (SSSR count). The monoisotopic (exact) mass is 423 g/mol. The standard InChI is InChI=1S/C26H33NO4/c1-25(2)12-18-23(20(29)14-25)22(16-6-8-17(28)9-7-16)24-19(27(18)10-11-31-5)13-26(3,4)15-21(24)30/h6-9,22,28H,10-15H2,1-5H3. The third-order valence-corrected chi connectivity index (χ3v) is 6.77. The van der Waals surface area contributed by atoms with Crippen molar-refractivity contribution in [3.05, 3.63) is 52.4 Å². The van der Waals surface area contributed by atoms with E-state index < -0.39 is 0 Å². The number of ether oxygens (including phenoxy) is 1. The number of phenols is 1. The second-order valence-electron chi connectivity index (χ2n) is 10.8. The van der Waals surface area contributed by atoms with Gasteiger partial charge in [0, 0.05) is 55.0 Å². The van der Waals surface area contributed by atoms with E-state index in [2.05, 4.69) is 32.6 Å². The molecule has 0 fully saturated rings. The molecule has 3 aliphatic rings. The van der Waals surface area contributed by atoms with Crippen molar-refractivity contribution in [3.63, 3.8) is 0 Å². The lowest BCUT2D eigenvalue weighted by molar-refractivity contribution is -0.119. The summed E-state index contributed by atoms with van der Waals surface area (Å²) in [5.41, 5.74) is 4.23. The minimum absolute atomic E-state index is 0.121. The van der Waals surface area contributed by atoms with Crippen LogP contribution in [0.5, 0.6) is 5.75 Å². The van der Waals surface area contributed by atoms with E-state index in [1.165, 1.54) is 0 Å². The number of methoxy groups -OCH3 is 1. The van der Waals surface area contributed by atoms with Gasteiger partial charge >= 0.3 is 0 Å². The van der Waals surface area contributed by atoms with E-state index in [0.717, 1.165) is 40.9 Å². The van der Waals surface area contributed by atoms with Crippen LogP contribution in [-0.4, -0.2) is 41.8 Å². The average Bonchev–Trinajstić information content (AvgIpc) is 2.65. The van der Waals surface area contributed by atoms with Gasteiger partial charge in [-0.2, -0.15) is 0 Å². The number of phenolic OH excluding ortho intramolecular Hbond substituents is 1. The van der Waals surface area contributed by atoms with Crippen LogP contribution < -0.4 is 0 Å². The highest BCUT2D eigenvalue weighted by Crippen LogP contribution is 2.54. The van der Waals surface area contributed by atoms with E-state index in [1.54, 1.807) is 19.2 Å². The quantitative estimate of drug-likeness (QED) is 0.759. The van der Waals surface area contributed by atoms with Crippen LogP contribution in [0.25, 0.3) is 0 Å². The number of hydrogen-bond acceptors (Lipinski definition) is 5. The van der Waals surface area contributed by atoms with Crippen molar-refractivity contribution in [2.45, 2.75) is 59.3 Å². The van der Waals surface area contributed by atoms with Crippen molar-refractivity contribution in [1.29, 1.82) is 0 Å². The van der Waals surface area contributed by atoms with Crippen molar-refractivity contribution in [2.75, 3.05) is 20.3 Å². The first kappa shape index (κ1) is 21.8. The Morgan fingerprint density at radius 3 is 1.84 bits per heavy atom. The van der Waals surface area contributed by atoms with E-state index in [9.17, 15) is 14.7 Å². The number of carbonyl (C=O) groups excluding carboxylic acids is 2. The number of allylic oxidation sites excluding steroid dienone is 4. The minimum atomic E-state index is -0.364. The summed E-state index contributed by atoms with van der Waals surface area (Å²) in [7, 11) is 1.68. The molecule has 0 saturated heterocycles. The average molecular weight is 424 g/mol. The van der Waals surface area contributed by atoms with Gasteiger partial charge in [0.1, 0.15) is 5.75 Å². The minimum Gasteiger partial charge on any atom is -0.508 e. The molecule has 0 atom stereocenters.